The Labute approximate surface area is 241 Å². The molecule has 0 aromatic heterocycles. The molecule has 198 valence electrons. The third kappa shape index (κ3) is 3.80. The molecule has 7 aromatic rings. The Hall–Kier alpha value is -4.18. The summed E-state index contributed by atoms with van der Waals surface area (Å²) >= 11 is 0. The Morgan fingerprint density at radius 1 is 0.463 bits per heavy atom. The van der Waals surface area contributed by atoms with Crippen LogP contribution in [0, 0.1) is 0 Å². The Morgan fingerprint density at radius 2 is 0.976 bits per heavy atom. The molecule has 0 bridgehead atoms. The molecule has 1 fully saturated rings. The van der Waals surface area contributed by atoms with Crippen LogP contribution in [0.3, 0.4) is 0 Å². The average Bonchev–Trinajstić information content (AvgIpc) is 3.21. The van der Waals surface area contributed by atoms with Crippen molar-refractivity contribution in [3.05, 3.63) is 115 Å². The molecule has 0 atom stereocenters. The molecule has 7 aromatic carbocycles. The van der Waals surface area contributed by atoms with Gasteiger partial charge in [0.05, 0.1) is 11.2 Å². The van der Waals surface area contributed by atoms with Crippen LogP contribution in [0.15, 0.2) is 115 Å². The molecule has 0 unspecified atom stereocenters. The van der Waals surface area contributed by atoms with Gasteiger partial charge >= 0.3 is 7.12 Å². The van der Waals surface area contributed by atoms with Crippen LogP contribution in [0.25, 0.3) is 65.3 Å². The zero-order chi connectivity index (χ0) is 27.9. The molecule has 0 N–H and O–H groups in total. The molecular weight excluding hydrogens is 499 g/mol. The summed E-state index contributed by atoms with van der Waals surface area (Å²) in [7, 11) is -0.349. The second-order valence-corrected chi connectivity index (χ2v) is 12.5. The van der Waals surface area contributed by atoms with Crippen molar-refractivity contribution in [1.82, 2.24) is 0 Å². The van der Waals surface area contributed by atoms with Crippen molar-refractivity contribution < 1.29 is 9.31 Å². The Balaban J connectivity index is 1.20. The SMILES string of the molecule is CC1(C)OB(c2ccc(-c3cc4ccc5cc(-c6cccc7ccccc67)cc6ccc(c3)c4c56)cc2)OC1(C)C. The minimum absolute atomic E-state index is 0.346. The van der Waals surface area contributed by atoms with Crippen molar-refractivity contribution in [2.24, 2.45) is 0 Å². The lowest BCUT2D eigenvalue weighted by atomic mass is 9.78. The average molecular weight is 530 g/mol. The van der Waals surface area contributed by atoms with E-state index < -0.39 is 0 Å². The monoisotopic (exact) mass is 530 g/mol. The van der Waals surface area contributed by atoms with E-state index in [1.807, 2.05) is 0 Å². The number of hydrogen-bond donors (Lipinski definition) is 0. The summed E-state index contributed by atoms with van der Waals surface area (Å²) in [5.41, 5.74) is 5.30. The first-order chi connectivity index (χ1) is 19.8. The van der Waals surface area contributed by atoms with Crippen LogP contribution < -0.4 is 5.46 Å². The van der Waals surface area contributed by atoms with E-state index >= 15 is 0 Å². The van der Waals surface area contributed by atoms with Crippen molar-refractivity contribution in [3.8, 4) is 22.3 Å². The van der Waals surface area contributed by atoms with Gasteiger partial charge in [-0.25, -0.2) is 0 Å². The molecule has 1 aliphatic heterocycles. The quantitative estimate of drug-likeness (QED) is 0.167. The van der Waals surface area contributed by atoms with Crippen LogP contribution >= 0.6 is 0 Å². The summed E-state index contributed by atoms with van der Waals surface area (Å²) in [4.78, 5) is 0. The molecule has 0 radical (unpaired) electrons. The molecule has 0 amide bonds. The first-order valence-corrected chi connectivity index (χ1v) is 14.4. The highest BCUT2D eigenvalue weighted by molar-refractivity contribution is 6.62. The third-order valence-electron chi connectivity index (χ3n) is 9.40. The van der Waals surface area contributed by atoms with E-state index in [0.29, 0.717) is 0 Å². The highest BCUT2D eigenvalue weighted by Gasteiger charge is 2.51. The molecule has 2 nitrogen and oxygen atoms in total. The molecule has 8 rings (SSSR count). The summed E-state index contributed by atoms with van der Waals surface area (Å²) < 4.78 is 12.5. The standard InChI is InChI=1S/C38H31BO2/c1-37(2)38(3,4)41-39(40-37)32-18-16-24(17-19-32)30-20-26-12-14-28-22-31(23-29-15-13-27(21-30)35(26)36(28)29)34-11-7-9-25-8-5-6-10-33(25)34/h5-23H,1-4H3. The smallest absolute Gasteiger partial charge is 0.399 e. The highest BCUT2D eigenvalue weighted by Crippen LogP contribution is 2.41. The molecule has 3 heteroatoms. The minimum atomic E-state index is -0.349. The predicted octanol–water partition coefficient (Wildman–Crippen LogP) is 9.37. The van der Waals surface area contributed by atoms with Gasteiger partial charge in [0, 0.05) is 0 Å². The molecular formula is C38H31BO2. The molecule has 0 spiro atoms. The Morgan fingerprint density at radius 3 is 1.56 bits per heavy atom. The van der Waals surface area contributed by atoms with Gasteiger partial charge in [-0.1, -0.05) is 91.0 Å². The lowest BCUT2D eigenvalue weighted by Crippen LogP contribution is -2.41. The van der Waals surface area contributed by atoms with Crippen molar-refractivity contribution in [2.45, 2.75) is 38.9 Å². The van der Waals surface area contributed by atoms with Crippen LogP contribution in [0.4, 0.5) is 0 Å². The zero-order valence-corrected chi connectivity index (χ0v) is 23.9. The largest absolute Gasteiger partial charge is 0.494 e. The topological polar surface area (TPSA) is 18.5 Å². The van der Waals surface area contributed by atoms with Gasteiger partial charge in [0.15, 0.2) is 0 Å². The molecule has 1 heterocycles. The van der Waals surface area contributed by atoms with Crippen molar-refractivity contribution in [1.29, 1.82) is 0 Å². The molecule has 1 aliphatic rings. The fourth-order valence-corrected chi connectivity index (χ4v) is 6.45. The third-order valence-corrected chi connectivity index (χ3v) is 9.40. The molecule has 1 saturated heterocycles. The lowest BCUT2D eigenvalue weighted by Gasteiger charge is -2.32. The fraction of sp³-hybridized carbons (Fsp3) is 0.158. The van der Waals surface area contributed by atoms with Crippen molar-refractivity contribution in [3.63, 3.8) is 0 Å². The van der Waals surface area contributed by atoms with Gasteiger partial charge in [0.25, 0.3) is 0 Å². The first kappa shape index (κ1) is 24.6. The van der Waals surface area contributed by atoms with Gasteiger partial charge < -0.3 is 9.31 Å². The van der Waals surface area contributed by atoms with Gasteiger partial charge in [-0.2, -0.15) is 0 Å². The predicted molar refractivity (Wildman–Crippen MR) is 174 cm³/mol. The van der Waals surface area contributed by atoms with Gasteiger partial charge in [-0.05, 0) is 123 Å². The minimum Gasteiger partial charge on any atom is -0.399 e. The number of benzene rings is 7. The van der Waals surface area contributed by atoms with Crippen LogP contribution in [0.5, 0.6) is 0 Å². The van der Waals surface area contributed by atoms with E-state index in [-0.39, 0.29) is 18.3 Å². The van der Waals surface area contributed by atoms with E-state index in [2.05, 4.69) is 143 Å². The van der Waals surface area contributed by atoms with E-state index in [0.717, 1.165) is 5.46 Å². The molecule has 0 aliphatic carbocycles. The fourth-order valence-electron chi connectivity index (χ4n) is 6.45. The van der Waals surface area contributed by atoms with E-state index in [9.17, 15) is 0 Å². The van der Waals surface area contributed by atoms with E-state index in [1.54, 1.807) is 0 Å². The van der Waals surface area contributed by atoms with Crippen LogP contribution in [-0.2, 0) is 9.31 Å². The van der Waals surface area contributed by atoms with Gasteiger partial charge in [-0.15, -0.1) is 0 Å². The maximum atomic E-state index is 6.26. The molecule has 41 heavy (non-hydrogen) atoms. The highest BCUT2D eigenvalue weighted by atomic mass is 16.7. The summed E-state index contributed by atoms with van der Waals surface area (Å²) in [6.07, 6.45) is 0. The summed E-state index contributed by atoms with van der Waals surface area (Å²) in [6.45, 7) is 8.37. The maximum Gasteiger partial charge on any atom is 0.494 e. The zero-order valence-electron chi connectivity index (χ0n) is 23.9. The second kappa shape index (κ2) is 8.66. The summed E-state index contributed by atoms with van der Waals surface area (Å²) in [5, 5.41) is 10.3. The number of fused-ring (bicyclic) bond motifs is 1. The number of rotatable bonds is 3. The lowest BCUT2D eigenvalue weighted by molar-refractivity contribution is 0.00578. The van der Waals surface area contributed by atoms with Crippen molar-refractivity contribution >= 4 is 55.7 Å². The number of hydrogen-bond acceptors (Lipinski definition) is 2. The first-order valence-electron chi connectivity index (χ1n) is 14.4. The molecule has 0 saturated carbocycles. The van der Waals surface area contributed by atoms with E-state index in [4.69, 9.17) is 9.31 Å². The van der Waals surface area contributed by atoms with Crippen LogP contribution in [0.1, 0.15) is 27.7 Å². The summed E-state index contributed by atoms with van der Waals surface area (Å²) in [6, 6.07) is 42.3. The van der Waals surface area contributed by atoms with Gasteiger partial charge in [0.1, 0.15) is 0 Å². The van der Waals surface area contributed by atoms with E-state index in [1.165, 1.54) is 65.3 Å². The summed E-state index contributed by atoms with van der Waals surface area (Å²) in [5.74, 6) is 0. The second-order valence-electron chi connectivity index (χ2n) is 12.5. The maximum absolute atomic E-state index is 6.26. The van der Waals surface area contributed by atoms with Gasteiger partial charge in [-0.3, -0.25) is 0 Å². The van der Waals surface area contributed by atoms with Gasteiger partial charge in [0.2, 0.25) is 0 Å². The Bertz CT molecular complexity index is 2020. The Kier molecular flexibility index (Phi) is 5.20. The van der Waals surface area contributed by atoms with Crippen LogP contribution in [-0.4, -0.2) is 18.3 Å². The normalized spacial score (nSPS) is 16.4. The van der Waals surface area contributed by atoms with Crippen LogP contribution in [0.2, 0.25) is 0 Å². The van der Waals surface area contributed by atoms with Crippen molar-refractivity contribution in [2.75, 3.05) is 0 Å².